The molecule has 0 unspecified atom stereocenters. The number of anilines is 2. The molecule has 1 heterocycles. The second-order valence-corrected chi connectivity index (χ2v) is 5.99. The lowest BCUT2D eigenvalue weighted by molar-refractivity contribution is -0.114. The molecule has 3 aromatic rings. The van der Waals surface area contributed by atoms with E-state index >= 15 is 0 Å². The highest BCUT2D eigenvalue weighted by Crippen LogP contribution is 2.27. The molecule has 2 aromatic carbocycles. The van der Waals surface area contributed by atoms with Gasteiger partial charge in [-0.1, -0.05) is 25.1 Å². The molecule has 1 aromatic heterocycles. The molecule has 27 heavy (non-hydrogen) atoms. The molecule has 0 radical (unpaired) electrons. The Hall–Kier alpha value is -3.41. The van der Waals surface area contributed by atoms with E-state index < -0.39 is 11.7 Å². The van der Waals surface area contributed by atoms with Crippen molar-refractivity contribution in [2.24, 2.45) is 0 Å². The zero-order valence-electron chi connectivity index (χ0n) is 15.0. The van der Waals surface area contributed by atoms with Crippen molar-refractivity contribution in [1.82, 2.24) is 0 Å². The first-order valence-electron chi connectivity index (χ1n) is 8.54. The fraction of sp³-hybridized carbons (Fsp3) is 0.143. The van der Waals surface area contributed by atoms with Crippen LogP contribution < -0.4 is 10.6 Å². The van der Waals surface area contributed by atoms with Crippen LogP contribution in [0.5, 0.6) is 0 Å². The number of amides is 2. The monoisotopic (exact) mass is 366 g/mol. The van der Waals surface area contributed by atoms with E-state index in [2.05, 4.69) is 10.6 Å². The van der Waals surface area contributed by atoms with E-state index in [1.54, 1.807) is 6.08 Å². The molecule has 0 saturated heterocycles. The van der Waals surface area contributed by atoms with Crippen LogP contribution in [0.2, 0.25) is 0 Å². The van der Waals surface area contributed by atoms with Crippen molar-refractivity contribution in [3.8, 4) is 0 Å². The number of furan rings is 1. The summed E-state index contributed by atoms with van der Waals surface area (Å²) in [4.78, 5) is 23.4. The Balaban J connectivity index is 1.81. The van der Waals surface area contributed by atoms with Crippen molar-refractivity contribution in [3.63, 3.8) is 0 Å². The molecule has 0 aliphatic rings. The summed E-state index contributed by atoms with van der Waals surface area (Å²) in [5.41, 5.74) is 1.97. The fourth-order valence-corrected chi connectivity index (χ4v) is 2.80. The van der Waals surface area contributed by atoms with Crippen LogP contribution in [0.1, 0.15) is 25.2 Å². The second-order valence-electron chi connectivity index (χ2n) is 5.99. The minimum Gasteiger partial charge on any atom is -0.460 e. The quantitative estimate of drug-likeness (QED) is 0.641. The summed E-state index contributed by atoms with van der Waals surface area (Å²) in [5, 5.41) is 5.95. The molecule has 0 atom stereocenters. The average Bonchev–Trinajstić information content (AvgIpc) is 3.00. The van der Waals surface area contributed by atoms with Crippen LogP contribution in [0.3, 0.4) is 0 Å². The number of hydrogen-bond donors (Lipinski definition) is 2. The van der Waals surface area contributed by atoms with E-state index in [4.69, 9.17) is 4.42 Å². The maximum atomic E-state index is 13.9. The average molecular weight is 366 g/mol. The minimum atomic E-state index is -0.589. The van der Waals surface area contributed by atoms with Gasteiger partial charge in [-0.2, -0.15) is 0 Å². The maximum absolute atomic E-state index is 13.9. The van der Waals surface area contributed by atoms with Gasteiger partial charge in [-0.25, -0.2) is 4.39 Å². The van der Waals surface area contributed by atoms with Gasteiger partial charge in [-0.05, 0) is 30.3 Å². The second kappa shape index (κ2) is 7.86. The lowest BCUT2D eigenvalue weighted by Gasteiger charge is -2.07. The van der Waals surface area contributed by atoms with Crippen molar-refractivity contribution in [1.29, 1.82) is 0 Å². The van der Waals surface area contributed by atoms with Crippen LogP contribution in [0.25, 0.3) is 17.0 Å². The molecule has 3 rings (SSSR count). The van der Waals surface area contributed by atoms with Crippen molar-refractivity contribution in [3.05, 3.63) is 65.7 Å². The third-order valence-corrected chi connectivity index (χ3v) is 3.98. The summed E-state index contributed by atoms with van der Waals surface area (Å²) in [6, 6.07) is 11.6. The van der Waals surface area contributed by atoms with E-state index in [1.165, 1.54) is 31.2 Å². The number of hydrogen-bond acceptors (Lipinski definition) is 3. The van der Waals surface area contributed by atoms with Gasteiger partial charge >= 0.3 is 0 Å². The van der Waals surface area contributed by atoms with Gasteiger partial charge in [0.15, 0.2) is 0 Å². The van der Waals surface area contributed by atoms with Gasteiger partial charge in [0.25, 0.3) is 0 Å². The maximum Gasteiger partial charge on any atom is 0.248 e. The van der Waals surface area contributed by atoms with Gasteiger partial charge in [-0.3, -0.25) is 9.59 Å². The number of carbonyl (C=O) groups excluding carboxylic acids is 2. The Morgan fingerprint density at radius 3 is 2.67 bits per heavy atom. The summed E-state index contributed by atoms with van der Waals surface area (Å²) >= 11 is 0. The Kier molecular flexibility index (Phi) is 5.35. The highest BCUT2D eigenvalue weighted by atomic mass is 19.1. The van der Waals surface area contributed by atoms with Gasteiger partial charge in [0.05, 0.1) is 5.69 Å². The van der Waals surface area contributed by atoms with Crippen LogP contribution in [-0.2, 0) is 16.0 Å². The van der Waals surface area contributed by atoms with Crippen LogP contribution in [-0.4, -0.2) is 11.8 Å². The number of halogens is 1. The first kappa shape index (κ1) is 18.4. The van der Waals surface area contributed by atoms with Gasteiger partial charge < -0.3 is 15.1 Å². The molecular weight excluding hydrogens is 347 g/mol. The fourth-order valence-electron chi connectivity index (χ4n) is 2.80. The smallest absolute Gasteiger partial charge is 0.248 e. The Morgan fingerprint density at radius 1 is 1.15 bits per heavy atom. The van der Waals surface area contributed by atoms with Crippen molar-refractivity contribution < 1.29 is 18.4 Å². The van der Waals surface area contributed by atoms with E-state index in [1.807, 2.05) is 31.2 Å². The number of nitrogens with one attached hydrogen (secondary N) is 2. The number of carbonyl (C=O) groups is 2. The number of para-hydroxylation sites is 1. The zero-order chi connectivity index (χ0) is 19.4. The zero-order valence-corrected chi connectivity index (χ0v) is 15.0. The predicted octanol–water partition coefficient (Wildman–Crippen LogP) is 4.74. The van der Waals surface area contributed by atoms with Gasteiger partial charge in [-0.15, -0.1) is 0 Å². The third-order valence-electron chi connectivity index (χ3n) is 3.98. The number of fused-ring (bicyclic) bond motifs is 1. The van der Waals surface area contributed by atoms with E-state index in [0.717, 1.165) is 22.3 Å². The van der Waals surface area contributed by atoms with E-state index in [-0.39, 0.29) is 11.6 Å². The predicted molar refractivity (Wildman–Crippen MR) is 104 cm³/mol. The molecule has 0 spiro atoms. The van der Waals surface area contributed by atoms with Crippen molar-refractivity contribution in [2.75, 3.05) is 10.6 Å². The van der Waals surface area contributed by atoms with Crippen LogP contribution in [0.4, 0.5) is 15.8 Å². The normalized spacial score (nSPS) is 11.1. The van der Waals surface area contributed by atoms with Gasteiger partial charge in [0.1, 0.15) is 17.2 Å². The number of rotatable bonds is 5. The molecular formula is C21H19FN2O3. The molecule has 0 bridgehead atoms. The highest BCUT2D eigenvalue weighted by molar-refractivity contribution is 6.04. The summed E-state index contributed by atoms with van der Waals surface area (Å²) in [7, 11) is 0. The van der Waals surface area contributed by atoms with E-state index in [0.29, 0.717) is 12.1 Å². The van der Waals surface area contributed by atoms with Gasteiger partial charge in [0.2, 0.25) is 11.8 Å². The molecule has 0 saturated carbocycles. The third kappa shape index (κ3) is 4.23. The topological polar surface area (TPSA) is 71.3 Å². The highest BCUT2D eigenvalue weighted by Gasteiger charge is 2.11. The summed E-state index contributed by atoms with van der Waals surface area (Å²) < 4.78 is 19.7. The summed E-state index contributed by atoms with van der Waals surface area (Å²) in [5.74, 6) is -0.577. The molecule has 2 N–H and O–H groups in total. The molecule has 0 aliphatic carbocycles. The van der Waals surface area contributed by atoms with Crippen LogP contribution in [0.15, 0.2) is 53.0 Å². The molecule has 2 amide bonds. The first-order valence-corrected chi connectivity index (χ1v) is 8.54. The lowest BCUT2D eigenvalue weighted by atomic mass is 10.1. The molecule has 5 nitrogen and oxygen atoms in total. The van der Waals surface area contributed by atoms with Gasteiger partial charge in [0, 0.05) is 36.1 Å². The lowest BCUT2D eigenvalue weighted by Crippen LogP contribution is -2.11. The Morgan fingerprint density at radius 2 is 1.93 bits per heavy atom. The largest absolute Gasteiger partial charge is 0.460 e. The SMILES string of the molecule is CCc1oc2ccccc2c1/C=C/C(=O)Nc1cc(NC(C)=O)ccc1F. The van der Waals surface area contributed by atoms with Crippen LogP contribution in [0, 0.1) is 5.82 Å². The summed E-state index contributed by atoms with van der Waals surface area (Å²) in [6.45, 7) is 3.32. The summed E-state index contributed by atoms with van der Waals surface area (Å²) in [6.07, 6.45) is 3.68. The number of benzene rings is 2. The molecule has 0 aliphatic heterocycles. The Bertz CT molecular complexity index is 1040. The Labute approximate surface area is 155 Å². The molecule has 0 fully saturated rings. The van der Waals surface area contributed by atoms with Crippen molar-refractivity contribution >= 4 is 40.2 Å². The molecule has 6 heteroatoms. The minimum absolute atomic E-state index is 0.0105. The standard InChI is InChI=1S/C21H19FN2O3/c1-3-19-16(15-6-4-5-7-20(15)27-19)9-11-21(26)24-18-12-14(23-13(2)25)8-10-17(18)22/h4-12H,3H2,1-2H3,(H,23,25)(H,24,26)/b11-9+. The van der Waals surface area contributed by atoms with Crippen molar-refractivity contribution in [2.45, 2.75) is 20.3 Å². The van der Waals surface area contributed by atoms with Crippen LogP contribution >= 0.6 is 0 Å². The molecule has 138 valence electrons. The van der Waals surface area contributed by atoms with E-state index in [9.17, 15) is 14.0 Å². The first-order chi connectivity index (χ1) is 13.0. The number of aryl methyl sites for hydroxylation is 1.